The van der Waals surface area contributed by atoms with E-state index < -0.39 is 6.04 Å². The van der Waals surface area contributed by atoms with Crippen LogP contribution in [0.1, 0.15) is 51.0 Å². The minimum Gasteiger partial charge on any atom is -0.497 e. The third kappa shape index (κ3) is 7.97. The fourth-order valence-electron chi connectivity index (χ4n) is 4.01. The highest BCUT2D eigenvalue weighted by atomic mass is 35.5. The third-order valence-electron chi connectivity index (χ3n) is 6.03. The highest BCUT2D eigenvalue weighted by molar-refractivity contribution is 7.99. The van der Waals surface area contributed by atoms with E-state index in [1.54, 1.807) is 23.8 Å². The van der Waals surface area contributed by atoms with Crippen LogP contribution in [0.25, 0.3) is 0 Å². The molecule has 1 saturated carbocycles. The van der Waals surface area contributed by atoms with E-state index in [2.05, 4.69) is 5.32 Å². The summed E-state index contributed by atoms with van der Waals surface area (Å²) in [4.78, 5) is 29.0. The number of rotatable bonds is 10. The minimum atomic E-state index is -0.540. The molecule has 1 aliphatic rings. The molecule has 33 heavy (non-hydrogen) atoms. The number of benzene rings is 2. The van der Waals surface area contributed by atoms with E-state index in [9.17, 15) is 9.59 Å². The van der Waals surface area contributed by atoms with Gasteiger partial charge < -0.3 is 15.0 Å². The Bertz CT molecular complexity index is 899. The second-order valence-corrected chi connectivity index (χ2v) is 10.0. The molecule has 1 aliphatic carbocycles. The zero-order valence-electron chi connectivity index (χ0n) is 19.4. The number of carbonyl (C=O) groups is 2. The molecule has 0 aromatic heterocycles. The number of nitrogens with zero attached hydrogens (tertiary/aromatic N) is 1. The van der Waals surface area contributed by atoms with Crippen molar-refractivity contribution in [1.82, 2.24) is 10.2 Å². The van der Waals surface area contributed by atoms with E-state index in [-0.39, 0.29) is 17.9 Å². The van der Waals surface area contributed by atoms with Gasteiger partial charge in [-0.15, -0.1) is 11.8 Å². The molecule has 1 fully saturated rings. The first-order valence-electron chi connectivity index (χ1n) is 11.6. The van der Waals surface area contributed by atoms with Gasteiger partial charge in [0.2, 0.25) is 11.8 Å². The van der Waals surface area contributed by atoms with Gasteiger partial charge in [0.05, 0.1) is 7.11 Å². The van der Waals surface area contributed by atoms with E-state index in [0.717, 1.165) is 41.9 Å². The Morgan fingerprint density at radius 3 is 2.39 bits per heavy atom. The van der Waals surface area contributed by atoms with Gasteiger partial charge in [-0.3, -0.25) is 9.59 Å². The maximum atomic E-state index is 13.2. The van der Waals surface area contributed by atoms with Gasteiger partial charge >= 0.3 is 0 Å². The first kappa shape index (κ1) is 25.4. The molecule has 7 heteroatoms. The van der Waals surface area contributed by atoms with Gasteiger partial charge in [-0.2, -0.15) is 0 Å². The molecule has 0 bridgehead atoms. The number of methoxy groups -OCH3 is 1. The van der Waals surface area contributed by atoms with Crippen LogP contribution < -0.4 is 10.1 Å². The smallest absolute Gasteiger partial charge is 0.242 e. The van der Waals surface area contributed by atoms with Crippen molar-refractivity contribution in [1.29, 1.82) is 0 Å². The van der Waals surface area contributed by atoms with Crippen LogP contribution in [0.2, 0.25) is 5.02 Å². The number of nitrogens with one attached hydrogen (secondary N) is 1. The molecule has 2 amide bonds. The number of halogens is 1. The number of hydrogen-bond donors (Lipinski definition) is 1. The summed E-state index contributed by atoms with van der Waals surface area (Å²) in [6, 6.07) is 14.9. The molecule has 0 saturated heterocycles. The van der Waals surface area contributed by atoms with E-state index in [4.69, 9.17) is 16.3 Å². The first-order valence-corrected chi connectivity index (χ1v) is 12.9. The predicted molar refractivity (Wildman–Crippen MR) is 135 cm³/mol. The lowest BCUT2D eigenvalue weighted by Gasteiger charge is -2.31. The van der Waals surface area contributed by atoms with Gasteiger partial charge in [0.1, 0.15) is 11.8 Å². The molecule has 0 spiro atoms. The molecule has 1 N–H and O–H groups in total. The summed E-state index contributed by atoms with van der Waals surface area (Å²) >= 11 is 7.56. The van der Waals surface area contributed by atoms with Crippen molar-refractivity contribution < 1.29 is 14.3 Å². The Kier molecular flexibility index (Phi) is 9.95. The fraction of sp³-hybridized carbons (Fsp3) is 0.462. The summed E-state index contributed by atoms with van der Waals surface area (Å²) in [6.45, 7) is 2.21. The van der Waals surface area contributed by atoms with Crippen molar-refractivity contribution in [3.63, 3.8) is 0 Å². The molecule has 3 rings (SSSR count). The lowest BCUT2D eigenvalue weighted by atomic mass is 9.95. The summed E-state index contributed by atoms with van der Waals surface area (Å²) in [7, 11) is 1.63. The number of hydrogen-bond acceptors (Lipinski definition) is 4. The zero-order valence-corrected chi connectivity index (χ0v) is 21.0. The molecule has 0 aliphatic heterocycles. The molecule has 178 valence electrons. The molecule has 2 aromatic rings. The fourth-order valence-corrected chi connectivity index (χ4v) is 4.98. The number of amides is 2. The second-order valence-electron chi connectivity index (χ2n) is 8.44. The Labute approximate surface area is 206 Å². The summed E-state index contributed by atoms with van der Waals surface area (Å²) in [5.74, 6) is 1.29. The molecule has 1 unspecified atom stereocenters. The molecule has 2 aromatic carbocycles. The molecule has 0 heterocycles. The minimum absolute atomic E-state index is 0.0291. The first-order chi connectivity index (χ1) is 16.0. The monoisotopic (exact) mass is 488 g/mol. The molecular weight excluding hydrogens is 456 g/mol. The Balaban J connectivity index is 1.65. The molecular formula is C26H33ClN2O3S. The number of carbonyl (C=O) groups excluding carboxylic acids is 2. The highest BCUT2D eigenvalue weighted by Gasteiger charge is 2.27. The van der Waals surface area contributed by atoms with Crippen LogP contribution in [0.5, 0.6) is 5.75 Å². The zero-order chi connectivity index (χ0) is 23.6. The van der Waals surface area contributed by atoms with E-state index in [1.807, 2.05) is 55.5 Å². The van der Waals surface area contributed by atoms with Crippen LogP contribution in [0.15, 0.2) is 53.4 Å². The van der Waals surface area contributed by atoms with Crippen molar-refractivity contribution in [2.24, 2.45) is 0 Å². The Morgan fingerprint density at radius 1 is 1.09 bits per heavy atom. The lowest BCUT2D eigenvalue weighted by Crippen LogP contribution is -2.50. The molecule has 1 atom stereocenters. The standard InChI is InChI=1S/C26H33ClN2O3S/c1-19(26(31)28-22-6-4-3-5-7-22)29(18-20-8-12-23(32-2)13-9-20)25(30)16-17-33-24-14-10-21(27)11-15-24/h8-15,19,22H,3-7,16-18H2,1-2H3,(H,28,31). The second kappa shape index (κ2) is 12.9. The molecule has 0 radical (unpaired) electrons. The van der Waals surface area contributed by atoms with Crippen molar-refractivity contribution in [3.8, 4) is 5.75 Å². The normalized spacial score (nSPS) is 15.0. The van der Waals surface area contributed by atoms with Gasteiger partial charge in [0, 0.05) is 34.7 Å². The largest absolute Gasteiger partial charge is 0.497 e. The summed E-state index contributed by atoms with van der Waals surface area (Å²) in [5.41, 5.74) is 0.965. The predicted octanol–water partition coefficient (Wildman–Crippen LogP) is 5.70. The van der Waals surface area contributed by atoms with E-state index >= 15 is 0 Å². The SMILES string of the molecule is COc1ccc(CN(C(=O)CCSc2ccc(Cl)cc2)C(C)C(=O)NC2CCCCC2)cc1. The highest BCUT2D eigenvalue weighted by Crippen LogP contribution is 2.23. The Morgan fingerprint density at radius 2 is 1.76 bits per heavy atom. The van der Waals surface area contributed by atoms with Crippen LogP contribution in [0, 0.1) is 0 Å². The quantitative estimate of drug-likeness (QED) is 0.436. The summed E-state index contributed by atoms with van der Waals surface area (Å²) in [6.07, 6.45) is 5.91. The summed E-state index contributed by atoms with van der Waals surface area (Å²) in [5, 5.41) is 3.87. The van der Waals surface area contributed by atoms with Crippen LogP contribution in [0.3, 0.4) is 0 Å². The number of thioether (sulfide) groups is 1. The van der Waals surface area contributed by atoms with Crippen molar-refractivity contribution >= 4 is 35.2 Å². The van der Waals surface area contributed by atoms with E-state index in [1.165, 1.54) is 6.42 Å². The van der Waals surface area contributed by atoms with E-state index in [0.29, 0.717) is 23.7 Å². The van der Waals surface area contributed by atoms with Crippen molar-refractivity contribution in [2.45, 2.75) is 69.0 Å². The van der Waals surface area contributed by atoms with Crippen molar-refractivity contribution in [3.05, 3.63) is 59.1 Å². The lowest BCUT2D eigenvalue weighted by molar-refractivity contribution is -0.140. The third-order valence-corrected chi connectivity index (χ3v) is 7.29. The average Bonchev–Trinajstić information content (AvgIpc) is 2.84. The molecule has 5 nitrogen and oxygen atoms in total. The van der Waals surface area contributed by atoms with Gasteiger partial charge in [-0.1, -0.05) is 43.0 Å². The number of ether oxygens (including phenoxy) is 1. The van der Waals surface area contributed by atoms with Crippen molar-refractivity contribution in [2.75, 3.05) is 12.9 Å². The van der Waals surface area contributed by atoms with Gasteiger partial charge in [-0.25, -0.2) is 0 Å². The van der Waals surface area contributed by atoms with Gasteiger partial charge in [0.15, 0.2) is 0 Å². The van der Waals surface area contributed by atoms with Crippen LogP contribution in [0.4, 0.5) is 0 Å². The maximum absolute atomic E-state index is 13.2. The Hall–Kier alpha value is -2.18. The van der Waals surface area contributed by atoms with Crippen LogP contribution in [-0.2, 0) is 16.1 Å². The maximum Gasteiger partial charge on any atom is 0.242 e. The van der Waals surface area contributed by atoms with Crippen LogP contribution >= 0.6 is 23.4 Å². The van der Waals surface area contributed by atoms with Crippen LogP contribution in [-0.4, -0.2) is 41.7 Å². The van der Waals surface area contributed by atoms with Gasteiger partial charge in [-0.05, 0) is 61.7 Å². The topological polar surface area (TPSA) is 58.6 Å². The van der Waals surface area contributed by atoms with Gasteiger partial charge in [0.25, 0.3) is 0 Å². The average molecular weight is 489 g/mol. The summed E-state index contributed by atoms with van der Waals surface area (Å²) < 4.78 is 5.24.